The zero-order valence-corrected chi connectivity index (χ0v) is 22.7. The lowest BCUT2D eigenvalue weighted by Crippen LogP contribution is -2.57. The summed E-state index contributed by atoms with van der Waals surface area (Å²) in [5.41, 5.74) is 8.84. The van der Waals surface area contributed by atoms with Gasteiger partial charge in [0.25, 0.3) is 0 Å². The number of nitrogens with zero attached hydrogens (tertiary/aromatic N) is 1. The van der Waals surface area contributed by atoms with Crippen molar-refractivity contribution in [3.63, 3.8) is 0 Å². The lowest BCUT2D eigenvalue weighted by Gasteiger charge is -2.43. The topological polar surface area (TPSA) is 106 Å². The zero-order chi connectivity index (χ0) is 25.3. The maximum Gasteiger partial charge on any atom is 0.194 e. The largest absolute Gasteiger partial charge is 0.611 e. The van der Waals surface area contributed by atoms with Gasteiger partial charge >= 0.3 is 0 Å². The number of hydrogen-bond donors (Lipinski definition) is 4. The van der Waals surface area contributed by atoms with Crippen LogP contribution in [0.2, 0.25) is 0 Å². The van der Waals surface area contributed by atoms with E-state index in [0.29, 0.717) is 28.7 Å². The van der Waals surface area contributed by atoms with Crippen LogP contribution in [0.1, 0.15) is 46.5 Å². The molecule has 0 radical (unpaired) electrons. The van der Waals surface area contributed by atoms with E-state index in [9.17, 15) is 9.66 Å². The van der Waals surface area contributed by atoms with Gasteiger partial charge in [-0.1, -0.05) is 45.6 Å². The lowest BCUT2D eigenvalue weighted by molar-refractivity contribution is -0.0366. The van der Waals surface area contributed by atoms with Crippen LogP contribution < -0.4 is 16.4 Å². The van der Waals surface area contributed by atoms with Gasteiger partial charge < -0.3 is 25.0 Å². The molecule has 7 nitrogen and oxygen atoms in total. The van der Waals surface area contributed by atoms with Gasteiger partial charge in [-0.2, -0.15) is 0 Å². The van der Waals surface area contributed by atoms with E-state index in [-0.39, 0.29) is 24.2 Å². The summed E-state index contributed by atoms with van der Waals surface area (Å²) in [5, 5.41) is 16.3. The summed E-state index contributed by atoms with van der Waals surface area (Å²) in [7, 11) is 1.77. The van der Waals surface area contributed by atoms with E-state index in [2.05, 4.69) is 41.2 Å². The number of ether oxygens (including phenoxy) is 1. The zero-order valence-electron chi connectivity index (χ0n) is 21.1. The molecule has 2 unspecified atom stereocenters. The highest BCUT2D eigenvalue weighted by Crippen LogP contribution is 2.35. The van der Waals surface area contributed by atoms with Crippen molar-refractivity contribution in [1.82, 2.24) is 15.5 Å². The Bertz CT molecular complexity index is 763. The summed E-state index contributed by atoms with van der Waals surface area (Å²) in [6.45, 7) is 11.8. The molecule has 0 spiro atoms. The first-order valence-electron chi connectivity index (χ1n) is 12.2. The first-order chi connectivity index (χ1) is 16.2. The molecule has 0 aliphatic carbocycles. The molecule has 3 atom stereocenters. The number of halogens is 1. The number of methoxy groups -OCH3 is 1. The number of nitrogens with two attached hydrogens (primary N) is 1. The molecular formula is C25H43ClN4O3S. The Hall–Kier alpha value is -1.000. The van der Waals surface area contributed by atoms with Crippen LogP contribution in [0.4, 0.5) is 0 Å². The predicted octanol–water partition coefficient (Wildman–Crippen LogP) is 2.91. The molecule has 0 bridgehead atoms. The Morgan fingerprint density at radius 3 is 2.62 bits per heavy atom. The van der Waals surface area contributed by atoms with Crippen molar-refractivity contribution in [3.8, 4) is 0 Å². The van der Waals surface area contributed by atoms with Crippen molar-refractivity contribution in [1.29, 1.82) is 0 Å². The van der Waals surface area contributed by atoms with Gasteiger partial charge in [-0.25, -0.2) is 0 Å². The van der Waals surface area contributed by atoms with E-state index >= 15 is 0 Å². The second-order valence-corrected chi connectivity index (χ2v) is 11.0. The van der Waals surface area contributed by atoms with Gasteiger partial charge in [0.15, 0.2) is 4.91 Å². The standard InChI is InChI=1S/C25H43ClN4O3S/c1-6-8-20(9-7-13-26)25(33-5)11-14-30(15-12-25)24(27)29-21-10-16-34(32)23(21)19(4)28-22(17-31)18(2)3/h7-9,18,22,24,28-29,31H,4,6,10-17,27H2,1-3,5H3/b9-7-,20-8+/t22?,24-,34?/m0/s1. The second-order valence-electron chi connectivity index (χ2n) is 9.21. The average Bonchev–Trinajstić information content (AvgIpc) is 3.19. The number of allylic oxidation sites excluding steroid dienone is 3. The van der Waals surface area contributed by atoms with Crippen molar-refractivity contribution in [3.05, 3.63) is 46.7 Å². The van der Waals surface area contributed by atoms with Crippen molar-refractivity contribution in [2.45, 2.75) is 64.4 Å². The first kappa shape index (κ1) is 29.2. The van der Waals surface area contributed by atoms with Crippen LogP contribution in [0.25, 0.3) is 0 Å². The second kappa shape index (κ2) is 13.9. The molecular weight excluding hydrogens is 472 g/mol. The molecule has 0 aromatic carbocycles. The number of piperidine rings is 1. The summed E-state index contributed by atoms with van der Waals surface area (Å²) in [6.07, 6.45) is 9.06. The predicted molar refractivity (Wildman–Crippen MR) is 143 cm³/mol. The Morgan fingerprint density at radius 2 is 2.09 bits per heavy atom. The van der Waals surface area contributed by atoms with E-state index in [0.717, 1.165) is 38.0 Å². The third-order valence-electron chi connectivity index (χ3n) is 6.72. The Kier molecular flexibility index (Phi) is 12.0. The minimum absolute atomic E-state index is 0.0115. The van der Waals surface area contributed by atoms with Gasteiger partial charge in [-0.05, 0) is 41.9 Å². The molecule has 9 heteroatoms. The van der Waals surface area contributed by atoms with Gasteiger partial charge in [0.05, 0.1) is 29.6 Å². The van der Waals surface area contributed by atoms with E-state index in [1.165, 1.54) is 5.57 Å². The molecule has 34 heavy (non-hydrogen) atoms. The first-order valence-corrected chi connectivity index (χ1v) is 14.0. The molecule has 0 aromatic heterocycles. The fraction of sp³-hybridized carbons (Fsp3) is 0.680. The molecule has 2 rings (SSSR count). The number of nitrogens with one attached hydrogen (secondary N) is 2. The molecule has 0 aromatic rings. The van der Waals surface area contributed by atoms with Gasteiger partial charge in [-0.15, -0.1) is 11.6 Å². The van der Waals surface area contributed by atoms with E-state index in [1.54, 1.807) is 7.11 Å². The van der Waals surface area contributed by atoms with Crippen LogP contribution in [0.5, 0.6) is 0 Å². The van der Waals surface area contributed by atoms with Crippen molar-refractivity contribution in [2.75, 3.05) is 38.4 Å². The van der Waals surface area contributed by atoms with Crippen molar-refractivity contribution < 1.29 is 14.4 Å². The van der Waals surface area contributed by atoms with E-state index in [4.69, 9.17) is 22.1 Å². The Balaban J connectivity index is 2.09. The average molecular weight is 515 g/mol. The van der Waals surface area contributed by atoms with Crippen LogP contribution in [-0.4, -0.2) is 70.9 Å². The molecule has 1 saturated heterocycles. The maximum absolute atomic E-state index is 12.7. The quantitative estimate of drug-likeness (QED) is 0.130. The minimum atomic E-state index is -1.15. The molecule has 194 valence electrons. The lowest BCUT2D eigenvalue weighted by atomic mass is 9.83. The van der Waals surface area contributed by atoms with Gasteiger partial charge in [0.1, 0.15) is 12.0 Å². The van der Waals surface area contributed by atoms with Crippen LogP contribution in [-0.2, 0) is 15.9 Å². The Morgan fingerprint density at radius 1 is 1.41 bits per heavy atom. The van der Waals surface area contributed by atoms with Crippen LogP contribution in [0.3, 0.4) is 0 Å². The highest BCUT2D eigenvalue weighted by molar-refractivity contribution is 7.95. The van der Waals surface area contributed by atoms with Gasteiger partial charge in [0.2, 0.25) is 0 Å². The summed E-state index contributed by atoms with van der Waals surface area (Å²) >= 11 is 4.73. The SMILES string of the molecule is C=C(NC(CO)C(C)C)C1=C(N[C@H](N)N2CCC(OC)(C(/C=C\CCl)=C/CC)CC2)CC[S+]1[O-]. The van der Waals surface area contributed by atoms with Gasteiger partial charge in [0, 0.05) is 32.5 Å². The van der Waals surface area contributed by atoms with Crippen LogP contribution >= 0.6 is 11.6 Å². The fourth-order valence-electron chi connectivity index (χ4n) is 4.56. The summed E-state index contributed by atoms with van der Waals surface area (Å²) in [4.78, 5) is 2.87. The Labute approximate surface area is 213 Å². The molecule has 0 saturated carbocycles. The monoisotopic (exact) mass is 514 g/mol. The molecule has 1 fully saturated rings. The third kappa shape index (κ3) is 7.26. The van der Waals surface area contributed by atoms with Crippen LogP contribution in [0, 0.1) is 5.92 Å². The molecule has 5 N–H and O–H groups in total. The molecule has 2 aliphatic heterocycles. The highest BCUT2D eigenvalue weighted by atomic mass is 35.5. The molecule has 2 aliphatic rings. The van der Waals surface area contributed by atoms with Gasteiger partial charge in [-0.3, -0.25) is 10.6 Å². The normalized spacial score (nSPS) is 23.6. The summed E-state index contributed by atoms with van der Waals surface area (Å²) < 4.78 is 18.8. The third-order valence-corrected chi connectivity index (χ3v) is 8.42. The number of rotatable bonds is 13. The highest BCUT2D eigenvalue weighted by Gasteiger charge is 2.39. The fourth-order valence-corrected chi connectivity index (χ4v) is 6.01. The summed E-state index contributed by atoms with van der Waals surface area (Å²) in [6, 6.07) is -0.144. The molecule has 2 heterocycles. The minimum Gasteiger partial charge on any atom is -0.611 e. The number of aliphatic hydroxyl groups is 1. The number of aliphatic hydroxyl groups excluding tert-OH is 1. The smallest absolute Gasteiger partial charge is 0.194 e. The van der Waals surface area contributed by atoms with E-state index in [1.807, 2.05) is 19.9 Å². The van der Waals surface area contributed by atoms with Crippen molar-refractivity contribution >= 4 is 22.8 Å². The molecule has 0 amide bonds. The number of likely N-dealkylation sites (tertiary alicyclic amines) is 1. The van der Waals surface area contributed by atoms with Crippen LogP contribution in [0.15, 0.2) is 46.7 Å². The van der Waals surface area contributed by atoms with E-state index < -0.39 is 17.5 Å². The summed E-state index contributed by atoms with van der Waals surface area (Å²) in [5.74, 6) is 1.23. The van der Waals surface area contributed by atoms with Crippen molar-refractivity contribution in [2.24, 2.45) is 11.7 Å². The number of alkyl halides is 1. The maximum atomic E-state index is 12.7. The number of hydrogen-bond acceptors (Lipinski definition) is 7.